The number of nitrogens with zero attached hydrogens (tertiary/aromatic N) is 2. The molecule has 0 fully saturated rings. The van der Waals surface area contributed by atoms with Crippen LogP contribution in [0.1, 0.15) is 110 Å². The van der Waals surface area contributed by atoms with Crippen molar-refractivity contribution in [2.75, 3.05) is 9.71 Å². The van der Waals surface area contributed by atoms with E-state index in [2.05, 4.69) is 219 Å². The van der Waals surface area contributed by atoms with E-state index in [9.17, 15) is 0 Å². The van der Waals surface area contributed by atoms with Gasteiger partial charge in [0.15, 0.2) is 0 Å². The van der Waals surface area contributed by atoms with Crippen molar-refractivity contribution in [1.29, 1.82) is 0 Å². The lowest BCUT2D eigenvalue weighted by Gasteiger charge is -2.48. The molecule has 0 bridgehead atoms. The molecule has 4 heteroatoms. The molecule has 0 atom stereocenters. The van der Waals surface area contributed by atoms with Gasteiger partial charge in [-0.25, -0.2) is 0 Å². The Morgan fingerprint density at radius 2 is 1.16 bits per heavy atom. The minimum Gasteiger partial charge on any atom is -0.456 e. The van der Waals surface area contributed by atoms with E-state index in [4.69, 9.17) is 4.42 Å². The molecule has 0 N–H and O–H groups in total. The molecule has 8 aromatic rings. The quantitative estimate of drug-likeness (QED) is 0.166. The van der Waals surface area contributed by atoms with Gasteiger partial charge in [-0.1, -0.05) is 142 Å². The fraction of sp³-hybridized carbons (Fsp3) is 0.288. The van der Waals surface area contributed by atoms with Crippen LogP contribution in [0, 0.1) is 6.92 Å². The third-order valence-corrected chi connectivity index (χ3v) is 14.9. The predicted molar refractivity (Wildman–Crippen MR) is 270 cm³/mol. The molecule has 314 valence electrons. The highest BCUT2D eigenvalue weighted by Crippen LogP contribution is 2.54. The molecule has 3 aliphatic rings. The second-order valence-corrected chi connectivity index (χ2v) is 22.2. The standard InChI is InChI=1S/C59H59BN2O/c1-36-31-44-43-34-45-46(59(10,11)30-29-58(45,8)9)35-49(43)62(40-24-21-38(22-25-40)56(2,3)4)60-54(44)50(32-36)61(48-27-28-52-53(55(48)60)41-19-15-16-20-51(41)63-52)47-26-23-39(57(5,6)7)33-42(47)37-17-13-12-14-18-37/h12-28,31-35H,29-30H2,1-11H3. The SMILES string of the molecule is Cc1cc2c3c(c1)N(c1ccc(C(C)(C)C)cc1-c1ccccc1)c1ccc4oc5ccccc5c4c1B3N(c1ccc(C(C)(C)C)cc1)c1cc3c(cc1-2)C(C)(C)CCC3(C)C. The molecular formula is C59H59BN2O. The highest BCUT2D eigenvalue weighted by molar-refractivity contribution is 6.95. The van der Waals surface area contributed by atoms with Crippen LogP contribution in [0.4, 0.5) is 28.4 Å². The van der Waals surface area contributed by atoms with Gasteiger partial charge in [-0.2, -0.15) is 0 Å². The summed E-state index contributed by atoms with van der Waals surface area (Å²) in [5.74, 6) is 0. The second kappa shape index (κ2) is 13.5. The summed E-state index contributed by atoms with van der Waals surface area (Å²) in [4.78, 5) is 5.31. The van der Waals surface area contributed by atoms with Gasteiger partial charge in [0.2, 0.25) is 0 Å². The summed E-state index contributed by atoms with van der Waals surface area (Å²) in [6.45, 7) is 25.8. The number of hydrogen-bond donors (Lipinski definition) is 0. The van der Waals surface area contributed by atoms with Gasteiger partial charge in [-0.15, -0.1) is 0 Å². The van der Waals surface area contributed by atoms with Crippen LogP contribution in [-0.4, -0.2) is 6.85 Å². The molecule has 3 nitrogen and oxygen atoms in total. The first-order valence-electron chi connectivity index (χ1n) is 23.1. The van der Waals surface area contributed by atoms with Gasteiger partial charge >= 0.3 is 6.85 Å². The van der Waals surface area contributed by atoms with E-state index >= 15 is 0 Å². The molecule has 2 aliphatic heterocycles. The zero-order valence-corrected chi connectivity index (χ0v) is 39.0. The van der Waals surface area contributed by atoms with E-state index < -0.39 is 0 Å². The number of hydrogen-bond acceptors (Lipinski definition) is 3. The number of anilines is 5. The Labute approximate surface area is 374 Å². The summed E-state index contributed by atoms with van der Waals surface area (Å²) in [6.07, 6.45) is 2.32. The molecule has 0 saturated carbocycles. The smallest absolute Gasteiger partial charge is 0.333 e. The molecule has 1 aliphatic carbocycles. The van der Waals surface area contributed by atoms with Gasteiger partial charge in [0.05, 0.1) is 5.69 Å². The highest BCUT2D eigenvalue weighted by Gasteiger charge is 2.48. The number of para-hydroxylation sites is 1. The van der Waals surface area contributed by atoms with Crippen molar-refractivity contribution in [2.24, 2.45) is 0 Å². The Bertz CT molecular complexity index is 3160. The lowest BCUT2D eigenvalue weighted by molar-refractivity contribution is 0.332. The Balaban J connectivity index is 1.31. The Morgan fingerprint density at radius 3 is 1.86 bits per heavy atom. The lowest BCUT2D eigenvalue weighted by atomic mass is 9.42. The Kier molecular flexibility index (Phi) is 8.54. The van der Waals surface area contributed by atoms with Gasteiger partial charge in [-0.3, -0.25) is 0 Å². The molecule has 0 radical (unpaired) electrons. The molecule has 7 aromatic carbocycles. The fourth-order valence-corrected chi connectivity index (χ4v) is 11.2. The van der Waals surface area contributed by atoms with Gasteiger partial charge in [0.25, 0.3) is 0 Å². The van der Waals surface area contributed by atoms with Crippen LogP contribution in [0.2, 0.25) is 0 Å². The normalized spacial score (nSPS) is 16.2. The third kappa shape index (κ3) is 6.07. The Morgan fingerprint density at radius 1 is 0.524 bits per heavy atom. The van der Waals surface area contributed by atoms with E-state index in [-0.39, 0.29) is 28.5 Å². The summed E-state index contributed by atoms with van der Waals surface area (Å²) in [5, 5.41) is 2.33. The number of furan rings is 1. The summed E-state index contributed by atoms with van der Waals surface area (Å²) in [6, 6.07) is 51.0. The second-order valence-electron chi connectivity index (χ2n) is 22.2. The fourth-order valence-electron chi connectivity index (χ4n) is 11.2. The van der Waals surface area contributed by atoms with Crippen molar-refractivity contribution in [1.82, 2.24) is 0 Å². The first-order chi connectivity index (χ1) is 29.9. The van der Waals surface area contributed by atoms with Crippen LogP contribution in [0.25, 0.3) is 44.2 Å². The van der Waals surface area contributed by atoms with Gasteiger partial charge < -0.3 is 14.1 Å². The first-order valence-corrected chi connectivity index (χ1v) is 23.1. The summed E-state index contributed by atoms with van der Waals surface area (Å²) in [7, 11) is 0. The number of fused-ring (bicyclic) bond motifs is 9. The molecule has 0 saturated heterocycles. The van der Waals surface area contributed by atoms with E-state index in [1.165, 1.54) is 94.8 Å². The molecule has 63 heavy (non-hydrogen) atoms. The van der Waals surface area contributed by atoms with Gasteiger partial charge in [-0.05, 0) is 152 Å². The predicted octanol–water partition coefficient (Wildman–Crippen LogP) is 15.2. The number of benzene rings is 7. The van der Waals surface area contributed by atoms with Crippen molar-refractivity contribution < 1.29 is 4.42 Å². The van der Waals surface area contributed by atoms with Crippen LogP contribution in [0.3, 0.4) is 0 Å². The molecular weight excluding hydrogens is 763 g/mol. The average Bonchev–Trinajstić information content (AvgIpc) is 3.63. The summed E-state index contributed by atoms with van der Waals surface area (Å²) in [5.41, 5.74) is 22.5. The van der Waals surface area contributed by atoms with Crippen LogP contribution in [0.15, 0.2) is 138 Å². The van der Waals surface area contributed by atoms with Crippen molar-refractivity contribution in [3.8, 4) is 22.3 Å². The Hall–Kier alpha value is -6.00. The van der Waals surface area contributed by atoms with Crippen molar-refractivity contribution >= 4 is 68.1 Å². The largest absolute Gasteiger partial charge is 0.456 e. The van der Waals surface area contributed by atoms with Crippen LogP contribution >= 0.6 is 0 Å². The molecule has 1 aromatic heterocycles. The molecule has 3 heterocycles. The molecule has 0 unspecified atom stereocenters. The van der Waals surface area contributed by atoms with E-state index in [0.29, 0.717) is 0 Å². The third-order valence-electron chi connectivity index (χ3n) is 14.9. The maximum absolute atomic E-state index is 6.81. The maximum atomic E-state index is 6.81. The highest BCUT2D eigenvalue weighted by atomic mass is 16.3. The minimum absolute atomic E-state index is 0.0223. The van der Waals surface area contributed by atoms with E-state index in [0.717, 1.165) is 29.4 Å². The molecule has 0 spiro atoms. The topological polar surface area (TPSA) is 19.6 Å². The maximum Gasteiger partial charge on any atom is 0.333 e. The van der Waals surface area contributed by atoms with Crippen molar-refractivity contribution in [3.63, 3.8) is 0 Å². The van der Waals surface area contributed by atoms with Crippen molar-refractivity contribution in [2.45, 2.75) is 111 Å². The van der Waals surface area contributed by atoms with E-state index in [1.807, 2.05) is 0 Å². The lowest BCUT2D eigenvalue weighted by Crippen LogP contribution is -2.62. The zero-order valence-electron chi connectivity index (χ0n) is 39.0. The van der Waals surface area contributed by atoms with Gasteiger partial charge in [0.1, 0.15) is 11.2 Å². The minimum atomic E-state index is -0.147. The number of aryl methyl sites for hydroxylation is 1. The van der Waals surface area contributed by atoms with Crippen LogP contribution in [0.5, 0.6) is 0 Å². The first kappa shape index (κ1) is 39.8. The zero-order chi connectivity index (χ0) is 44.0. The van der Waals surface area contributed by atoms with Crippen molar-refractivity contribution in [3.05, 3.63) is 161 Å². The van der Waals surface area contributed by atoms with Crippen LogP contribution in [-0.2, 0) is 21.7 Å². The van der Waals surface area contributed by atoms with E-state index in [1.54, 1.807) is 0 Å². The number of rotatable bonds is 3. The van der Waals surface area contributed by atoms with Gasteiger partial charge in [0, 0.05) is 44.6 Å². The average molecular weight is 823 g/mol. The summed E-state index contributed by atoms with van der Waals surface area (Å²) >= 11 is 0. The molecule has 11 rings (SSSR count). The van der Waals surface area contributed by atoms with Crippen LogP contribution < -0.4 is 20.6 Å². The summed E-state index contributed by atoms with van der Waals surface area (Å²) < 4.78 is 6.81. The monoisotopic (exact) mass is 822 g/mol. The molecule has 0 amide bonds.